The molecule has 3 aromatic rings. The maximum atomic E-state index is 12.8. The Kier molecular flexibility index (Phi) is 4.38. The van der Waals surface area contributed by atoms with Crippen LogP contribution in [0.1, 0.15) is 22.8 Å². The van der Waals surface area contributed by atoms with Crippen molar-refractivity contribution in [3.63, 3.8) is 0 Å². The molecule has 0 amide bonds. The normalized spacial score (nSPS) is 11.5. The van der Waals surface area contributed by atoms with Gasteiger partial charge in [-0.1, -0.05) is 18.2 Å². The van der Waals surface area contributed by atoms with Crippen molar-refractivity contribution in [1.82, 2.24) is 4.98 Å². The van der Waals surface area contributed by atoms with E-state index in [1.165, 1.54) is 0 Å². The summed E-state index contributed by atoms with van der Waals surface area (Å²) in [5.41, 5.74) is 3.15. The van der Waals surface area contributed by atoms with Gasteiger partial charge in [0.25, 0.3) is 0 Å². The van der Waals surface area contributed by atoms with Crippen LogP contribution in [0.5, 0.6) is 11.5 Å². The molecule has 0 aliphatic heterocycles. The number of methoxy groups -OCH3 is 2. The van der Waals surface area contributed by atoms with Crippen LogP contribution in [-0.4, -0.2) is 25.0 Å². The molecule has 0 radical (unpaired) electrons. The molecule has 1 aromatic heterocycles. The van der Waals surface area contributed by atoms with E-state index in [1.54, 1.807) is 32.4 Å². The molecule has 2 aromatic carbocycles. The molecule has 0 aliphatic rings. The van der Waals surface area contributed by atoms with E-state index in [0.717, 1.165) is 16.5 Å². The van der Waals surface area contributed by atoms with Gasteiger partial charge in [0.2, 0.25) is 0 Å². The Bertz CT molecular complexity index is 922. The molecule has 4 nitrogen and oxygen atoms in total. The molecule has 0 atom stereocenters. The van der Waals surface area contributed by atoms with Crippen molar-refractivity contribution in [2.24, 2.45) is 0 Å². The Morgan fingerprint density at radius 1 is 1.08 bits per heavy atom. The molecule has 1 heterocycles. The fourth-order valence-electron chi connectivity index (χ4n) is 2.72. The molecule has 122 valence electrons. The van der Waals surface area contributed by atoms with Crippen LogP contribution in [0.15, 0.2) is 54.2 Å². The Morgan fingerprint density at radius 3 is 2.62 bits per heavy atom. The van der Waals surface area contributed by atoms with E-state index in [-0.39, 0.29) is 5.78 Å². The first-order valence-corrected chi connectivity index (χ1v) is 7.65. The first kappa shape index (κ1) is 15.9. The summed E-state index contributed by atoms with van der Waals surface area (Å²) < 4.78 is 10.5. The number of allylic oxidation sites excluding steroid dienone is 1. The van der Waals surface area contributed by atoms with Gasteiger partial charge in [-0.15, -0.1) is 0 Å². The fourth-order valence-corrected chi connectivity index (χ4v) is 2.72. The van der Waals surface area contributed by atoms with E-state index in [9.17, 15) is 4.79 Å². The van der Waals surface area contributed by atoms with Crippen LogP contribution in [0.3, 0.4) is 0 Å². The van der Waals surface area contributed by atoms with E-state index in [0.29, 0.717) is 22.6 Å². The molecule has 0 unspecified atom stereocenters. The lowest BCUT2D eigenvalue weighted by atomic mass is 10.0. The van der Waals surface area contributed by atoms with Crippen LogP contribution >= 0.6 is 0 Å². The molecule has 24 heavy (non-hydrogen) atoms. The monoisotopic (exact) mass is 321 g/mol. The zero-order chi connectivity index (χ0) is 17.1. The predicted molar refractivity (Wildman–Crippen MR) is 95.8 cm³/mol. The number of Topliss-reactive ketones (excluding diaryl/α,β-unsaturated/α-hetero) is 1. The number of hydrogen-bond acceptors (Lipinski definition) is 3. The minimum atomic E-state index is -0.0870. The minimum Gasteiger partial charge on any atom is -0.497 e. The Hall–Kier alpha value is -3.01. The Morgan fingerprint density at radius 2 is 1.88 bits per heavy atom. The van der Waals surface area contributed by atoms with Gasteiger partial charge in [-0.25, -0.2) is 0 Å². The minimum absolute atomic E-state index is 0.0870. The highest BCUT2D eigenvalue weighted by Gasteiger charge is 2.16. The van der Waals surface area contributed by atoms with Gasteiger partial charge in [0.05, 0.1) is 19.8 Å². The summed E-state index contributed by atoms with van der Waals surface area (Å²) in [7, 11) is 3.13. The number of H-pyrrole nitrogens is 1. The van der Waals surface area contributed by atoms with E-state index >= 15 is 0 Å². The highest BCUT2D eigenvalue weighted by Crippen LogP contribution is 2.27. The number of carbonyl (C=O) groups excluding carboxylic acids is 1. The summed E-state index contributed by atoms with van der Waals surface area (Å²) in [6, 6.07) is 13.2. The highest BCUT2D eigenvalue weighted by molar-refractivity contribution is 6.13. The van der Waals surface area contributed by atoms with Crippen molar-refractivity contribution >= 4 is 22.8 Å². The van der Waals surface area contributed by atoms with E-state index < -0.39 is 0 Å². The highest BCUT2D eigenvalue weighted by atomic mass is 16.5. The SMILES string of the molecule is COc1ccc(OC)c(C(=O)C(C)=Cc2c[nH]c3ccccc23)c1. The number of nitrogens with one attached hydrogen (secondary N) is 1. The molecule has 0 fully saturated rings. The number of ketones is 1. The summed E-state index contributed by atoms with van der Waals surface area (Å²) in [6.07, 6.45) is 3.80. The number of para-hydroxylation sites is 1. The standard InChI is InChI=1S/C20H19NO3/c1-13(10-14-12-21-18-7-5-4-6-16(14)18)20(22)17-11-15(23-2)8-9-19(17)24-3/h4-12,21H,1-3H3. The third-order valence-electron chi connectivity index (χ3n) is 4.00. The number of fused-ring (bicyclic) bond motifs is 1. The molecule has 3 rings (SSSR count). The quantitative estimate of drug-likeness (QED) is 0.557. The average molecular weight is 321 g/mol. The van der Waals surface area contributed by atoms with Gasteiger partial charge in [0.1, 0.15) is 11.5 Å². The molecule has 0 aliphatic carbocycles. The zero-order valence-corrected chi connectivity index (χ0v) is 13.9. The second-order valence-electron chi connectivity index (χ2n) is 5.51. The summed E-state index contributed by atoms with van der Waals surface area (Å²) in [4.78, 5) is 16.1. The van der Waals surface area contributed by atoms with Gasteiger partial charge in [0, 0.05) is 22.7 Å². The number of rotatable bonds is 5. The van der Waals surface area contributed by atoms with Crippen molar-refractivity contribution in [3.05, 3.63) is 65.4 Å². The van der Waals surface area contributed by atoms with Crippen molar-refractivity contribution in [2.45, 2.75) is 6.92 Å². The van der Waals surface area contributed by atoms with Crippen molar-refractivity contribution in [3.8, 4) is 11.5 Å². The molecular weight excluding hydrogens is 302 g/mol. The third-order valence-corrected chi connectivity index (χ3v) is 4.00. The molecule has 1 N–H and O–H groups in total. The summed E-state index contributed by atoms with van der Waals surface area (Å²) in [5.74, 6) is 1.07. The van der Waals surface area contributed by atoms with Gasteiger partial charge in [-0.3, -0.25) is 4.79 Å². The van der Waals surface area contributed by atoms with Crippen LogP contribution in [0, 0.1) is 0 Å². The number of carbonyl (C=O) groups is 1. The van der Waals surface area contributed by atoms with Gasteiger partial charge in [-0.2, -0.15) is 0 Å². The van der Waals surface area contributed by atoms with Crippen LogP contribution in [0.25, 0.3) is 17.0 Å². The first-order valence-electron chi connectivity index (χ1n) is 7.65. The van der Waals surface area contributed by atoms with Crippen molar-refractivity contribution in [2.75, 3.05) is 14.2 Å². The molecule has 0 spiro atoms. The van der Waals surface area contributed by atoms with Crippen molar-refractivity contribution in [1.29, 1.82) is 0 Å². The molecule has 0 saturated carbocycles. The fraction of sp³-hybridized carbons (Fsp3) is 0.150. The smallest absolute Gasteiger partial charge is 0.192 e. The second kappa shape index (κ2) is 6.62. The maximum absolute atomic E-state index is 12.8. The lowest BCUT2D eigenvalue weighted by molar-refractivity contribution is 0.103. The lowest BCUT2D eigenvalue weighted by Crippen LogP contribution is -2.04. The number of hydrogen-bond donors (Lipinski definition) is 1. The average Bonchev–Trinajstić information content (AvgIpc) is 3.03. The van der Waals surface area contributed by atoms with E-state index in [1.807, 2.05) is 43.5 Å². The van der Waals surface area contributed by atoms with Crippen LogP contribution < -0.4 is 9.47 Å². The second-order valence-corrected chi connectivity index (χ2v) is 5.51. The lowest BCUT2D eigenvalue weighted by Gasteiger charge is -2.10. The largest absolute Gasteiger partial charge is 0.497 e. The summed E-state index contributed by atoms with van der Waals surface area (Å²) >= 11 is 0. The Labute approximate surface area is 140 Å². The first-order chi connectivity index (χ1) is 11.6. The van der Waals surface area contributed by atoms with Crippen LogP contribution in [0.2, 0.25) is 0 Å². The topological polar surface area (TPSA) is 51.3 Å². The van der Waals surface area contributed by atoms with Gasteiger partial charge >= 0.3 is 0 Å². The van der Waals surface area contributed by atoms with Gasteiger partial charge < -0.3 is 14.5 Å². The number of aromatic amines is 1. The van der Waals surface area contributed by atoms with E-state index in [2.05, 4.69) is 4.98 Å². The van der Waals surface area contributed by atoms with E-state index in [4.69, 9.17) is 9.47 Å². The zero-order valence-electron chi connectivity index (χ0n) is 13.9. The summed E-state index contributed by atoms with van der Waals surface area (Å²) in [5, 5.41) is 1.09. The number of ether oxygens (including phenoxy) is 2. The summed E-state index contributed by atoms with van der Waals surface area (Å²) in [6.45, 7) is 1.81. The predicted octanol–water partition coefficient (Wildman–Crippen LogP) is 4.47. The van der Waals surface area contributed by atoms with Gasteiger partial charge in [-0.05, 0) is 42.8 Å². The molecular formula is C20H19NO3. The number of aromatic nitrogens is 1. The van der Waals surface area contributed by atoms with Gasteiger partial charge in [0.15, 0.2) is 5.78 Å². The molecule has 0 bridgehead atoms. The maximum Gasteiger partial charge on any atom is 0.192 e. The van der Waals surface area contributed by atoms with Crippen molar-refractivity contribution < 1.29 is 14.3 Å². The van der Waals surface area contributed by atoms with Crippen LogP contribution in [0.4, 0.5) is 0 Å². The number of benzene rings is 2. The third kappa shape index (κ3) is 2.91. The molecule has 4 heteroatoms. The van der Waals surface area contributed by atoms with Crippen LogP contribution in [-0.2, 0) is 0 Å². The Balaban J connectivity index is 2.00. The molecule has 0 saturated heterocycles.